The van der Waals surface area contributed by atoms with E-state index in [4.69, 9.17) is 0 Å². The lowest BCUT2D eigenvalue weighted by Gasteiger charge is -2.13. The Hall–Kier alpha value is -1.64. The van der Waals surface area contributed by atoms with Crippen molar-refractivity contribution in [1.29, 1.82) is 0 Å². The quantitative estimate of drug-likeness (QED) is 0.625. The zero-order valence-corrected chi connectivity index (χ0v) is 6.45. The topological polar surface area (TPSA) is 42.0 Å². The Labute approximate surface area is 70.1 Å². The first-order valence-electron chi connectivity index (χ1n) is 3.75. The van der Waals surface area contributed by atoms with Gasteiger partial charge in [0.15, 0.2) is 0 Å². The van der Waals surface area contributed by atoms with Crippen LogP contribution in [0.15, 0.2) is 23.9 Å². The van der Waals surface area contributed by atoms with Gasteiger partial charge in [-0.25, -0.2) is 0 Å². The Morgan fingerprint density at radius 2 is 2.50 bits per heavy atom. The molecule has 1 aromatic rings. The van der Waals surface area contributed by atoms with Gasteiger partial charge < -0.3 is 5.32 Å². The van der Waals surface area contributed by atoms with Crippen LogP contribution in [0.5, 0.6) is 0 Å². The monoisotopic (exact) mass is 160 g/mol. The molecule has 3 nitrogen and oxygen atoms in total. The molecule has 3 heteroatoms. The molecule has 2 rings (SSSR count). The van der Waals surface area contributed by atoms with Crippen LogP contribution >= 0.6 is 0 Å². The van der Waals surface area contributed by atoms with E-state index in [2.05, 4.69) is 10.3 Å². The van der Waals surface area contributed by atoms with E-state index in [1.54, 1.807) is 12.3 Å². The molecular weight excluding hydrogens is 152 g/mol. The Balaban J connectivity index is 2.47. The lowest BCUT2D eigenvalue weighted by molar-refractivity contribution is -0.104. The second-order valence-electron chi connectivity index (χ2n) is 2.63. The highest BCUT2D eigenvalue weighted by molar-refractivity contribution is 5.86. The molecule has 1 N–H and O–H groups in total. The zero-order chi connectivity index (χ0) is 8.39. The van der Waals surface area contributed by atoms with Crippen LogP contribution in [-0.4, -0.2) is 17.8 Å². The van der Waals surface area contributed by atoms with Crippen molar-refractivity contribution < 1.29 is 4.79 Å². The molecule has 1 aliphatic rings. The summed E-state index contributed by atoms with van der Waals surface area (Å²) in [6, 6.07) is 3.81. The van der Waals surface area contributed by atoms with E-state index in [0.717, 1.165) is 23.2 Å². The number of pyridine rings is 1. The molecule has 1 aromatic heterocycles. The van der Waals surface area contributed by atoms with Crippen LogP contribution in [0.2, 0.25) is 0 Å². The van der Waals surface area contributed by atoms with Gasteiger partial charge in [-0.3, -0.25) is 9.78 Å². The molecule has 0 atom stereocenters. The molecule has 0 saturated carbocycles. The molecule has 0 aliphatic carbocycles. The number of anilines is 1. The highest BCUT2D eigenvalue weighted by atomic mass is 16.1. The van der Waals surface area contributed by atoms with Crippen molar-refractivity contribution in [2.24, 2.45) is 0 Å². The molecule has 0 radical (unpaired) electrons. The van der Waals surface area contributed by atoms with Gasteiger partial charge in [-0.2, -0.15) is 0 Å². The molecule has 0 spiro atoms. The molecule has 0 aromatic carbocycles. The van der Waals surface area contributed by atoms with Crippen LogP contribution < -0.4 is 5.32 Å². The molecular formula is C9H8N2O. The summed E-state index contributed by atoms with van der Waals surface area (Å²) in [5.74, 6) is 0. The summed E-state index contributed by atoms with van der Waals surface area (Å²) in [4.78, 5) is 14.6. The second-order valence-corrected chi connectivity index (χ2v) is 2.63. The molecule has 0 fully saturated rings. The fourth-order valence-electron chi connectivity index (χ4n) is 1.18. The average molecular weight is 160 g/mol. The number of aldehydes is 1. The molecule has 60 valence electrons. The van der Waals surface area contributed by atoms with Gasteiger partial charge in [0.25, 0.3) is 0 Å². The van der Waals surface area contributed by atoms with Gasteiger partial charge in [0.2, 0.25) is 0 Å². The van der Waals surface area contributed by atoms with E-state index in [9.17, 15) is 4.79 Å². The standard InChI is InChI=1S/C9H8N2O/c12-6-7-4-9-8(11-5-7)2-1-3-10-9/h1-4,6,11H,5H2. The number of carbonyl (C=O) groups excluding carboxylic acids is 1. The predicted octanol–water partition coefficient (Wildman–Crippen LogP) is 1.09. The van der Waals surface area contributed by atoms with E-state index in [-0.39, 0.29) is 0 Å². The first-order chi connectivity index (χ1) is 5.90. The van der Waals surface area contributed by atoms with Crippen molar-refractivity contribution in [1.82, 2.24) is 4.98 Å². The van der Waals surface area contributed by atoms with Gasteiger partial charge >= 0.3 is 0 Å². The maximum absolute atomic E-state index is 10.4. The molecule has 1 aliphatic heterocycles. The van der Waals surface area contributed by atoms with Crippen LogP contribution in [0.25, 0.3) is 6.08 Å². The van der Waals surface area contributed by atoms with Crippen LogP contribution in [0.3, 0.4) is 0 Å². The van der Waals surface area contributed by atoms with Crippen LogP contribution in [-0.2, 0) is 4.79 Å². The number of rotatable bonds is 1. The van der Waals surface area contributed by atoms with Crippen LogP contribution in [0.1, 0.15) is 5.69 Å². The van der Waals surface area contributed by atoms with Gasteiger partial charge in [-0.1, -0.05) is 0 Å². The summed E-state index contributed by atoms with van der Waals surface area (Å²) in [5.41, 5.74) is 2.56. The minimum atomic E-state index is 0.599. The molecule has 2 heterocycles. The van der Waals surface area contributed by atoms with Crippen molar-refractivity contribution in [2.75, 3.05) is 11.9 Å². The summed E-state index contributed by atoms with van der Waals surface area (Å²) in [6.45, 7) is 0.599. The lowest BCUT2D eigenvalue weighted by atomic mass is 10.1. The van der Waals surface area contributed by atoms with Crippen molar-refractivity contribution in [3.63, 3.8) is 0 Å². The molecule has 0 saturated heterocycles. The highest BCUT2D eigenvalue weighted by Crippen LogP contribution is 2.19. The normalized spacial score (nSPS) is 14.2. The molecule has 12 heavy (non-hydrogen) atoms. The Morgan fingerprint density at radius 3 is 3.33 bits per heavy atom. The van der Waals surface area contributed by atoms with Crippen molar-refractivity contribution in [3.05, 3.63) is 29.6 Å². The van der Waals surface area contributed by atoms with Crippen LogP contribution in [0.4, 0.5) is 5.69 Å². The van der Waals surface area contributed by atoms with E-state index >= 15 is 0 Å². The maximum atomic E-state index is 10.4. The number of fused-ring (bicyclic) bond motifs is 1. The van der Waals surface area contributed by atoms with E-state index < -0.39 is 0 Å². The lowest BCUT2D eigenvalue weighted by Crippen LogP contribution is -2.11. The van der Waals surface area contributed by atoms with Gasteiger partial charge in [0.05, 0.1) is 11.4 Å². The average Bonchev–Trinajstić information content (AvgIpc) is 2.17. The minimum absolute atomic E-state index is 0.599. The number of aromatic nitrogens is 1. The van der Waals surface area contributed by atoms with Gasteiger partial charge in [0.1, 0.15) is 6.29 Å². The van der Waals surface area contributed by atoms with Gasteiger partial charge in [0, 0.05) is 18.3 Å². The predicted molar refractivity (Wildman–Crippen MR) is 46.8 cm³/mol. The van der Waals surface area contributed by atoms with Crippen molar-refractivity contribution >= 4 is 18.0 Å². The molecule has 0 amide bonds. The third-order valence-electron chi connectivity index (χ3n) is 1.79. The summed E-state index contributed by atoms with van der Waals surface area (Å²) >= 11 is 0. The fraction of sp³-hybridized carbons (Fsp3) is 0.111. The summed E-state index contributed by atoms with van der Waals surface area (Å²) in [5, 5.41) is 3.10. The van der Waals surface area contributed by atoms with Crippen LogP contribution in [0, 0.1) is 0 Å². The van der Waals surface area contributed by atoms with Gasteiger partial charge in [-0.05, 0) is 18.2 Å². The molecule has 0 unspecified atom stereocenters. The Morgan fingerprint density at radius 1 is 1.58 bits per heavy atom. The maximum Gasteiger partial charge on any atom is 0.147 e. The van der Waals surface area contributed by atoms with Gasteiger partial charge in [-0.15, -0.1) is 0 Å². The third-order valence-corrected chi connectivity index (χ3v) is 1.79. The first kappa shape index (κ1) is 7.03. The first-order valence-corrected chi connectivity index (χ1v) is 3.75. The number of hydrogen-bond acceptors (Lipinski definition) is 3. The number of nitrogens with zero attached hydrogens (tertiary/aromatic N) is 1. The van der Waals surface area contributed by atoms with E-state index in [0.29, 0.717) is 6.54 Å². The minimum Gasteiger partial charge on any atom is -0.379 e. The number of hydrogen-bond donors (Lipinski definition) is 1. The van der Waals surface area contributed by atoms with E-state index in [1.807, 2.05) is 12.1 Å². The number of carbonyl (C=O) groups is 1. The Bertz CT molecular complexity index is 344. The van der Waals surface area contributed by atoms with Crippen molar-refractivity contribution in [2.45, 2.75) is 0 Å². The SMILES string of the molecule is O=CC1=Cc2ncccc2NC1. The third kappa shape index (κ3) is 1.09. The number of nitrogens with one attached hydrogen (secondary N) is 1. The fourth-order valence-corrected chi connectivity index (χ4v) is 1.18. The highest BCUT2D eigenvalue weighted by Gasteiger charge is 2.07. The largest absolute Gasteiger partial charge is 0.379 e. The summed E-state index contributed by atoms with van der Waals surface area (Å²) < 4.78 is 0. The second kappa shape index (κ2) is 2.77. The smallest absolute Gasteiger partial charge is 0.147 e. The molecule has 0 bridgehead atoms. The summed E-state index contributed by atoms with van der Waals surface area (Å²) in [7, 11) is 0. The zero-order valence-electron chi connectivity index (χ0n) is 6.45. The van der Waals surface area contributed by atoms with Crippen molar-refractivity contribution in [3.8, 4) is 0 Å². The van der Waals surface area contributed by atoms with E-state index in [1.165, 1.54) is 0 Å². The summed E-state index contributed by atoms with van der Waals surface area (Å²) in [6.07, 6.45) is 4.37. The Kier molecular flexibility index (Phi) is 1.63.